The van der Waals surface area contributed by atoms with Gasteiger partial charge in [0.2, 0.25) is 0 Å². The Morgan fingerprint density at radius 2 is 0.838 bits per heavy atom. The second-order valence-corrected chi connectivity index (χ2v) is 19.6. The highest BCUT2D eigenvalue weighted by Gasteiger charge is 2.27. The number of likely N-dealkylation sites (N-methyl/N-ethyl adjacent to an activating group) is 1. The monoisotopic (exact) mass is 967 g/mol. The molecule has 0 rings (SSSR count). The number of unbranched alkanes of at least 4 members (excludes halogenated alkanes) is 12. The molecule has 10 heteroatoms. The molecular formula is C58H97NO8P+. The molecule has 68 heavy (non-hydrogen) atoms. The van der Waals surface area contributed by atoms with Gasteiger partial charge in [0.05, 0.1) is 27.7 Å². The lowest BCUT2D eigenvalue weighted by atomic mass is 10.1. The highest BCUT2D eigenvalue weighted by molar-refractivity contribution is 7.47. The fourth-order valence-corrected chi connectivity index (χ4v) is 7.19. The maximum atomic E-state index is 12.7. The summed E-state index contributed by atoms with van der Waals surface area (Å²) < 4.78 is 34.1. The molecule has 0 aromatic rings. The van der Waals surface area contributed by atoms with Crippen molar-refractivity contribution in [1.82, 2.24) is 0 Å². The average Bonchev–Trinajstić information content (AvgIpc) is 3.30. The van der Waals surface area contributed by atoms with Crippen LogP contribution in [0.25, 0.3) is 0 Å². The molecular weight excluding hydrogens is 870 g/mol. The van der Waals surface area contributed by atoms with Gasteiger partial charge in [0.1, 0.15) is 19.8 Å². The Morgan fingerprint density at radius 1 is 0.471 bits per heavy atom. The summed E-state index contributed by atoms with van der Waals surface area (Å²) in [5, 5.41) is 0. The lowest BCUT2D eigenvalue weighted by molar-refractivity contribution is -0.870. The largest absolute Gasteiger partial charge is 0.472 e. The van der Waals surface area contributed by atoms with Crippen LogP contribution in [-0.2, 0) is 32.7 Å². The second-order valence-electron chi connectivity index (χ2n) is 18.2. The maximum absolute atomic E-state index is 12.7. The van der Waals surface area contributed by atoms with Gasteiger partial charge in [-0.3, -0.25) is 18.6 Å². The number of nitrogens with zero attached hydrogens (tertiary/aromatic N) is 1. The minimum Gasteiger partial charge on any atom is -0.462 e. The van der Waals surface area contributed by atoms with E-state index in [4.69, 9.17) is 18.5 Å². The van der Waals surface area contributed by atoms with Crippen LogP contribution in [0.1, 0.15) is 181 Å². The highest BCUT2D eigenvalue weighted by Crippen LogP contribution is 2.43. The number of esters is 2. The zero-order chi connectivity index (χ0) is 49.9. The van der Waals surface area contributed by atoms with E-state index in [0.717, 1.165) is 122 Å². The number of hydrogen-bond donors (Lipinski definition) is 1. The molecule has 0 saturated carbocycles. The molecule has 0 heterocycles. The van der Waals surface area contributed by atoms with Crippen molar-refractivity contribution in [1.29, 1.82) is 0 Å². The molecule has 9 nitrogen and oxygen atoms in total. The molecule has 0 aliphatic carbocycles. The molecule has 0 aromatic heterocycles. The van der Waals surface area contributed by atoms with Crippen LogP contribution in [0.3, 0.4) is 0 Å². The number of hydrogen-bond acceptors (Lipinski definition) is 7. The van der Waals surface area contributed by atoms with E-state index in [0.29, 0.717) is 17.4 Å². The Morgan fingerprint density at radius 3 is 1.25 bits per heavy atom. The molecule has 386 valence electrons. The second kappa shape index (κ2) is 48.4. The van der Waals surface area contributed by atoms with E-state index in [2.05, 4.69) is 135 Å². The summed E-state index contributed by atoms with van der Waals surface area (Å²) in [5.74, 6) is -0.831. The fraction of sp³-hybridized carbons (Fsp3) is 0.621. The van der Waals surface area contributed by atoms with Gasteiger partial charge in [-0.25, -0.2) is 4.57 Å². The summed E-state index contributed by atoms with van der Waals surface area (Å²) in [6.45, 7) is 4.17. The van der Waals surface area contributed by atoms with E-state index in [-0.39, 0.29) is 32.0 Å². The van der Waals surface area contributed by atoms with Crippen molar-refractivity contribution in [2.75, 3.05) is 47.5 Å². The molecule has 0 bridgehead atoms. The summed E-state index contributed by atoms with van der Waals surface area (Å²) in [6, 6.07) is 0. The molecule has 0 spiro atoms. The first-order valence-corrected chi connectivity index (χ1v) is 27.8. The van der Waals surface area contributed by atoms with E-state index < -0.39 is 26.5 Å². The lowest BCUT2D eigenvalue weighted by Gasteiger charge is -2.24. The molecule has 0 aliphatic heterocycles. The summed E-state index contributed by atoms with van der Waals surface area (Å²) in [6.07, 6.45) is 69.0. The molecule has 0 fully saturated rings. The lowest BCUT2D eigenvalue weighted by Crippen LogP contribution is -2.37. The molecule has 0 amide bonds. The van der Waals surface area contributed by atoms with Gasteiger partial charge in [0.15, 0.2) is 6.10 Å². The van der Waals surface area contributed by atoms with E-state index in [1.54, 1.807) is 0 Å². The van der Waals surface area contributed by atoms with Gasteiger partial charge in [0, 0.05) is 12.8 Å². The van der Waals surface area contributed by atoms with Crippen molar-refractivity contribution in [3.05, 3.63) is 122 Å². The van der Waals surface area contributed by atoms with Crippen molar-refractivity contribution < 1.29 is 42.1 Å². The van der Waals surface area contributed by atoms with Gasteiger partial charge in [-0.15, -0.1) is 0 Å². The van der Waals surface area contributed by atoms with Crippen LogP contribution in [0.2, 0.25) is 0 Å². The van der Waals surface area contributed by atoms with E-state index in [9.17, 15) is 19.0 Å². The Labute approximate surface area is 416 Å². The van der Waals surface area contributed by atoms with E-state index in [1.807, 2.05) is 21.1 Å². The Bertz CT molecular complexity index is 1560. The van der Waals surface area contributed by atoms with Gasteiger partial charge < -0.3 is 18.9 Å². The number of ether oxygens (including phenoxy) is 2. The van der Waals surface area contributed by atoms with Crippen LogP contribution in [0.4, 0.5) is 0 Å². The molecule has 0 radical (unpaired) electrons. The first-order chi connectivity index (χ1) is 33.0. The number of carbonyl (C=O) groups is 2. The van der Waals surface area contributed by atoms with Gasteiger partial charge in [-0.1, -0.05) is 200 Å². The summed E-state index contributed by atoms with van der Waals surface area (Å²) in [7, 11) is 1.45. The molecule has 2 atom stereocenters. The number of carbonyl (C=O) groups excluding carboxylic acids is 2. The standard InChI is InChI=1S/C58H96NO8P/c1-6-8-10-12-13-14-15-16-17-18-19-20-21-22-23-24-25-26-27-28-29-30-31-32-33-34-35-36-37-38-39-40-41-42-43-44-45-47-49-51-58(61)67-56(54-64-57(60)50-48-46-11-9-7-2)55-66-68(62,63)65-53-52-59(3,4)5/h8,10,13-14,16-17,19-20,22-23,25-26,28-29,31-32,34-35,37-38,56H,6-7,9,11-12,15,18,21,24,27,30,33,36,39-55H2,1-5H3/p+1/b10-8-,14-13-,17-16-,20-19-,23-22-,26-25-,29-28-,32-31-,35-34-,38-37-. The predicted octanol–water partition coefficient (Wildman–Crippen LogP) is 16.0. The van der Waals surface area contributed by atoms with Crippen molar-refractivity contribution in [3.8, 4) is 0 Å². The van der Waals surface area contributed by atoms with Crippen LogP contribution >= 0.6 is 7.82 Å². The third kappa shape index (κ3) is 51.8. The molecule has 2 unspecified atom stereocenters. The smallest absolute Gasteiger partial charge is 0.462 e. The average molecular weight is 967 g/mol. The third-order valence-electron chi connectivity index (χ3n) is 10.5. The van der Waals surface area contributed by atoms with Gasteiger partial charge in [-0.2, -0.15) is 0 Å². The van der Waals surface area contributed by atoms with Crippen molar-refractivity contribution >= 4 is 19.8 Å². The quantitative estimate of drug-likeness (QED) is 0.0211. The number of phosphoric acid groups is 1. The topological polar surface area (TPSA) is 108 Å². The normalized spacial score (nSPS) is 14.4. The predicted molar refractivity (Wildman–Crippen MR) is 288 cm³/mol. The van der Waals surface area contributed by atoms with Gasteiger partial charge >= 0.3 is 19.8 Å². The first-order valence-electron chi connectivity index (χ1n) is 26.3. The Kier molecular flexibility index (Phi) is 45.9. The molecule has 0 saturated heterocycles. The van der Waals surface area contributed by atoms with Gasteiger partial charge in [0.25, 0.3) is 0 Å². The van der Waals surface area contributed by atoms with Crippen molar-refractivity contribution in [3.63, 3.8) is 0 Å². The molecule has 1 N–H and O–H groups in total. The maximum Gasteiger partial charge on any atom is 0.472 e. The van der Waals surface area contributed by atoms with Crippen LogP contribution in [0.5, 0.6) is 0 Å². The number of allylic oxidation sites excluding steroid dienone is 20. The van der Waals surface area contributed by atoms with Gasteiger partial charge in [-0.05, 0) is 89.9 Å². The van der Waals surface area contributed by atoms with Crippen LogP contribution in [-0.4, -0.2) is 74.9 Å². The van der Waals surface area contributed by atoms with Crippen molar-refractivity contribution in [2.24, 2.45) is 0 Å². The number of quaternary nitrogens is 1. The minimum atomic E-state index is -4.37. The zero-order valence-electron chi connectivity index (χ0n) is 43.5. The summed E-state index contributed by atoms with van der Waals surface area (Å²) in [4.78, 5) is 35.1. The number of rotatable bonds is 46. The van der Waals surface area contributed by atoms with Crippen LogP contribution < -0.4 is 0 Å². The summed E-state index contributed by atoms with van der Waals surface area (Å²) >= 11 is 0. The van der Waals surface area contributed by atoms with E-state index in [1.165, 1.54) is 25.7 Å². The molecule has 0 aliphatic rings. The number of phosphoric ester groups is 1. The Balaban J connectivity index is 4.00. The summed E-state index contributed by atoms with van der Waals surface area (Å²) in [5.41, 5.74) is 0. The Hall–Kier alpha value is -3.59. The fourth-order valence-electron chi connectivity index (χ4n) is 6.45. The zero-order valence-corrected chi connectivity index (χ0v) is 44.4. The third-order valence-corrected chi connectivity index (χ3v) is 11.5. The molecule has 0 aromatic carbocycles. The highest BCUT2D eigenvalue weighted by atomic mass is 31.2. The van der Waals surface area contributed by atoms with Crippen LogP contribution in [0, 0.1) is 0 Å². The van der Waals surface area contributed by atoms with E-state index >= 15 is 0 Å². The first kappa shape index (κ1) is 64.4. The van der Waals surface area contributed by atoms with Crippen LogP contribution in [0.15, 0.2) is 122 Å². The van der Waals surface area contributed by atoms with Crippen molar-refractivity contribution in [2.45, 2.75) is 187 Å². The minimum absolute atomic E-state index is 0.0247. The SMILES string of the molecule is CC/C=C\C/C=C\C/C=C\C/C=C\C/C=C\C/C=C\C/C=C\C/C=C\C/C=C\C/C=C\CCCCCCCCCCC(=O)OC(COC(=O)CCCCCCC)COP(=O)(O)OCC[N+](C)(C)C.